The molecule has 0 fully saturated rings. The molecule has 0 aliphatic rings. The van der Waals surface area contributed by atoms with Crippen LogP contribution >= 0.6 is 11.6 Å². The Hall–Kier alpha value is -2.73. The first-order valence-corrected chi connectivity index (χ1v) is 8.81. The van der Waals surface area contributed by atoms with Gasteiger partial charge in [-0.2, -0.15) is 0 Å². The Kier molecular flexibility index (Phi) is 7.49. The average molecular weight is 392 g/mol. The minimum Gasteiger partial charge on any atom is -0.495 e. The number of halogens is 1. The Bertz CT molecular complexity index is 809. The van der Waals surface area contributed by atoms with Gasteiger partial charge in [0.2, 0.25) is 0 Å². The van der Waals surface area contributed by atoms with E-state index in [1.807, 2.05) is 31.2 Å². The topological polar surface area (TPSA) is 73.9 Å². The van der Waals surface area contributed by atoms with Crippen LogP contribution in [-0.2, 0) is 14.3 Å². The predicted octanol–water partition coefficient (Wildman–Crippen LogP) is 4.00. The van der Waals surface area contributed by atoms with Crippen LogP contribution in [0, 0.1) is 6.92 Å². The first-order chi connectivity index (χ1) is 12.9. The zero-order valence-corrected chi connectivity index (χ0v) is 16.2. The molecule has 0 saturated heterocycles. The molecule has 0 spiro atoms. The number of aryl methyl sites for hydroxylation is 1. The van der Waals surface area contributed by atoms with Crippen LogP contribution in [0.2, 0.25) is 5.02 Å². The van der Waals surface area contributed by atoms with Crippen LogP contribution in [0.25, 0.3) is 0 Å². The number of methoxy groups -OCH3 is 1. The van der Waals surface area contributed by atoms with Crippen molar-refractivity contribution in [2.75, 3.05) is 19.0 Å². The summed E-state index contributed by atoms with van der Waals surface area (Å²) in [7, 11) is 1.48. The van der Waals surface area contributed by atoms with Crippen LogP contribution < -0.4 is 14.8 Å². The Morgan fingerprint density at radius 1 is 1.15 bits per heavy atom. The molecule has 2 aromatic carbocycles. The van der Waals surface area contributed by atoms with Gasteiger partial charge in [0.05, 0.1) is 25.8 Å². The summed E-state index contributed by atoms with van der Waals surface area (Å²) < 4.78 is 15.9. The van der Waals surface area contributed by atoms with E-state index in [1.165, 1.54) is 14.0 Å². The maximum Gasteiger partial charge on any atom is 0.310 e. The lowest BCUT2D eigenvalue weighted by molar-refractivity contribution is -0.153. The Labute approximate surface area is 163 Å². The number of benzene rings is 2. The number of anilines is 1. The fraction of sp³-hybridized carbons (Fsp3) is 0.300. The third-order valence-electron chi connectivity index (χ3n) is 3.75. The summed E-state index contributed by atoms with van der Waals surface area (Å²) in [6.45, 7) is 3.58. The van der Waals surface area contributed by atoms with Crippen LogP contribution in [0.15, 0.2) is 42.5 Å². The zero-order chi connectivity index (χ0) is 19.8. The molecule has 1 atom stereocenters. The molecule has 1 N–H and O–H groups in total. The standard InChI is InChI=1S/C20H22ClNO5/c1-13-6-4-5-7-17(13)26-11-10-19(23)27-14(2)20(24)22-16-12-15(21)8-9-18(16)25-3/h4-9,12,14H,10-11H2,1-3H3,(H,22,24)/t14-/m1/s1. The van der Waals surface area contributed by atoms with E-state index >= 15 is 0 Å². The Morgan fingerprint density at radius 2 is 1.89 bits per heavy atom. The van der Waals surface area contributed by atoms with Gasteiger partial charge in [0.25, 0.3) is 5.91 Å². The summed E-state index contributed by atoms with van der Waals surface area (Å²) in [5.41, 5.74) is 1.38. The average Bonchev–Trinajstić information content (AvgIpc) is 2.63. The monoisotopic (exact) mass is 391 g/mol. The van der Waals surface area contributed by atoms with Gasteiger partial charge in [-0.1, -0.05) is 29.8 Å². The Balaban J connectivity index is 1.82. The second-order valence-electron chi connectivity index (χ2n) is 5.83. The molecule has 0 saturated carbocycles. The molecule has 0 aromatic heterocycles. The van der Waals surface area contributed by atoms with Crippen molar-refractivity contribution in [1.29, 1.82) is 0 Å². The highest BCUT2D eigenvalue weighted by molar-refractivity contribution is 6.31. The summed E-state index contributed by atoms with van der Waals surface area (Å²) in [4.78, 5) is 24.2. The van der Waals surface area contributed by atoms with Gasteiger partial charge in [0.1, 0.15) is 11.5 Å². The number of esters is 1. The normalized spacial score (nSPS) is 11.4. The molecular weight excluding hydrogens is 370 g/mol. The fourth-order valence-corrected chi connectivity index (χ4v) is 2.46. The van der Waals surface area contributed by atoms with Gasteiger partial charge in [0, 0.05) is 5.02 Å². The number of amides is 1. The largest absolute Gasteiger partial charge is 0.495 e. The van der Waals surface area contributed by atoms with Gasteiger partial charge in [-0.15, -0.1) is 0 Å². The van der Waals surface area contributed by atoms with Gasteiger partial charge in [-0.25, -0.2) is 0 Å². The summed E-state index contributed by atoms with van der Waals surface area (Å²) in [6.07, 6.45) is -0.938. The van der Waals surface area contributed by atoms with Crippen molar-refractivity contribution >= 4 is 29.2 Å². The Morgan fingerprint density at radius 3 is 2.59 bits per heavy atom. The highest BCUT2D eigenvalue weighted by Gasteiger charge is 2.19. The molecule has 0 radical (unpaired) electrons. The second-order valence-corrected chi connectivity index (χ2v) is 6.27. The minimum absolute atomic E-state index is 0.0342. The zero-order valence-electron chi connectivity index (χ0n) is 15.5. The fourth-order valence-electron chi connectivity index (χ4n) is 2.28. The van der Waals surface area contributed by atoms with Crippen LogP contribution in [0.5, 0.6) is 11.5 Å². The third kappa shape index (κ3) is 6.18. The van der Waals surface area contributed by atoms with Crippen LogP contribution in [0.1, 0.15) is 18.9 Å². The molecular formula is C20H22ClNO5. The van der Waals surface area contributed by atoms with Gasteiger partial charge < -0.3 is 19.5 Å². The lowest BCUT2D eigenvalue weighted by atomic mass is 10.2. The van der Waals surface area contributed by atoms with Gasteiger partial charge >= 0.3 is 5.97 Å². The van der Waals surface area contributed by atoms with Crippen molar-refractivity contribution in [3.05, 3.63) is 53.1 Å². The SMILES string of the molecule is COc1ccc(Cl)cc1NC(=O)[C@@H](C)OC(=O)CCOc1ccccc1C. The minimum atomic E-state index is -0.973. The molecule has 6 nitrogen and oxygen atoms in total. The number of nitrogens with one attached hydrogen (secondary N) is 1. The van der Waals surface area contributed by atoms with Crippen LogP contribution in [0.4, 0.5) is 5.69 Å². The van der Waals surface area contributed by atoms with Crippen molar-refractivity contribution in [1.82, 2.24) is 0 Å². The summed E-state index contributed by atoms with van der Waals surface area (Å²) >= 11 is 5.93. The summed E-state index contributed by atoms with van der Waals surface area (Å²) in [5, 5.41) is 3.09. The van der Waals surface area contributed by atoms with Crippen LogP contribution in [0.3, 0.4) is 0 Å². The molecule has 0 aliphatic heterocycles. The smallest absolute Gasteiger partial charge is 0.310 e. The lowest BCUT2D eigenvalue weighted by Crippen LogP contribution is -2.30. The molecule has 0 heterocycles. The first-order valence-electron chi connectivity index (χ1n) is 8.43. The summed E-state index contributed by atoms with van der Waals surface area (Å²) in [6, 6.07) is 12.4. The van der Waals surface area contributed by atoms with Crippen molar-refractivity contribution in [2.45, 2.75) is 26.4 Å². The number of hydrogen-bond donors (Lipinski definition) is 1. The van der Waals surface area contributed by atoms with E-state index in [1.54, 1.807) is 18.2 Å². The maximum atomic E-state index is 12.2. The van der Waals surface area contributed by atoms with Gasteiger partial charge in [-0.3, -0.25) is 9.59 Å². The first kappa shape index (κ1) is 20.6. The number of hydrogen-bond acceptors (Lipinski definition) is 5. The van der Waals surface area contributed by atoms with Crippen molar-refractivity contribution in [3.63, 3.8) is 0 Å². The number of carbonyl (C=O) groups excluding carboxylic acids is 2. The highest BCUT2D eigenvalue weighted by Crippen LogP contribution is 2.27. The molecule has 2 aromatic rings. The van der Waals surface area contributed by atoms with Crippen molar-refractivity contribution in [2.24, 2.45) is 0 Å². The molecule has 0 bridgehead atoms. The molecule has 2 rings (SSSR count). The predicted molar refractivity (Wildman–Crippen MR) is 103 cm³/mol. The lowest BCUT2D eigenvalue weighted by Gasteiger charge is -2.15. The quantitative estimate of drug-likeness (QED) is 0.688. The molecule has 144 valence electrons. The van der Waals surface area contributed by atoms with E-state index in [0.717, 1.165) is 5.56 Å². The van der Waals surface area contributed by atoms with Crippen molar-refractivity contribution < 1.29 is 23.8 Å². The van der Waals surface area contributed by atoms with E-state index in [4.69, 9.17) is 25.8 Å². The molecule has 0 aliphatic carbocycles. The van der Waals surface area contributed by atoms with Gasteiger partial charge in [-0.05, 0) is 43.7 Å². The van der Waals surface area contributed by atoms with Gasteiger partial charge in [0.15, 0.2) is 6.10 Å². The molecule has 7 heteroatoms. The van der Waals surface area contributed by atoms with E-state index in [9.17, 15) is 9.59 Å². The van der Waals surface area contributed by atoms with E-state index < -0.39 is 18.0 Å². The summed E-state index contributed by atoms with van der Waals surface area (Å²) in [5.74, 6) is 0.162. The number of ether oxygens (including phenoxy) is 3. The number of carbonyl (C=O) groups is 2. The van der Waals surface area contributed by atoms with Crippen molar-refractivity contribution in [3.8, 4) is 11.5 Å². The third-order valence-corrected chi connectivity index (χ3v) is 3.99. The van der Waals surface area contributed by atoms with E-state index in [0.29, 0.717) is 22.2 Å². The molecule has 27 heavy (non-hydrogen) atoms. The number of rotatable bonds is 8. The molecule has 0 unspecified atom stereocenters. The highest BCUT2D eigenvalue weighted by atomic mass is 35.5. The molecule has 1 amide bonds. The van der Waals surface area contributed by atoms with Crippen LogP contribution in [-0.4, -0.2) is 31.7 Å². The maximum absolute atomic E-state index is 12.2. The second kappa shape index (κ2) is 9.83. The van der Waals surface area contributed by atoms with E-state index in [-0.39, 0.29) is 13.0 Å². The number of para-hydroxylation sites is 1. The van der Waals surface area contributed by atoms with E-state index in [2.05, 4.69) is 5.32 Å².